The lowest BCUT2D eigenvalue weighted by Crippen LogP contribution is -1.93. The summed E-state index contributed by atoms with van der Waals surface area (Å²) in [4.78, 5) is 19.6. The maximum atomic E-state index is 10.0. The van der Waals surface area contributed by atoms with Crippen LogP contribution in [0.5, 0.6) is 0 Å². The van der Waals surface area contributed by atoms with E-state index in [4.69, 9.17) is 5.11 Å². The third-order valence-corrected chi connectivity index (χ3v) is 2.46. The summed E-state index contributed by atoms with van der Waals surface area (Å²) < 4.78 is 0. The molecule has 0 fully saturated rings. The van der Waals surface area contributed by atoms with Gasteiger partial charge in [0.2, 0.25) is 0 Å². The van der Waals surface area contributed by atoms with Crippen molar-refractivity contribution in [2.24, 2.45) is 0 Å². The lowest BCUT2D eigenvalue weighted by molar-refractivity contribution is -0.384. The van der Waals surface area contributed by atoms with Gasteiger partial charge in [-0.1, -0.05) is 50.8 Å². The van der Waals surface area contributed by atoms with Gasteiger partial charge in [0.05, 0.1) is 4.92 Å². The summed E-state index contributed by atoms with van der Waals surface area (Å²) in [6, 6.07) is 7.93. The number of aliphatic carboxylic acids is 1. The Balaban J connectivity index is 0.000000342. The largest absolute Gasteiger partial charge is 0.481 e. The van der Waals surface area contributed by atoms with Crippen molar-refractivity contribution in [3.05, 3.63) is 40.4 Å². The first-order valence-electron chi connectivity index (χ1n) is 6.49. The fourth-order valence-corrected chi connectivity index (χ4v) is 1.43. The average molecular weight is 267 g/mol. The summed E-state index contributed by atoms with van der Waals surface area (Å²) in [5.41, 5.74) is 0.137. The zero-order chi connectivity index (χ0) is 14.5. The number of benzene rings is 1. The van der Waals surface area contributed by atoms with Gasteiger partial charge < -0.3 is 5.11 Å². The van der Waals surface area contributed by atoms with Gasteiger partial charge in [0.25, 0.3) is 5.69 Å². The normalized spacial score (nSPS) is 9.32. The van der Waals surface area contributed by atoms with Crippen LogP contribution in [0.15, 0.2) is 30.3 Å². The van der Waals surface area contributed by atoms with Crippen molar-refractivity contribution in [3.63, 3.8) is 0 Å². The molecule has 5 nitrogen and oxygen atoms in total. The Hall–Kier alpha value is -1.91. The number of rotatable bonds is 7. The average Bonchev–Trinajstić information content (AvgIpc) is 2.40. The van der Waals surface area contributed by atoms with Gasteiger partial charge in [0.15, 0.2) is 0 Å². The molecule has 0 spiro atoms. The monoisotopic (exact) mass is 267 g/mol. The predicted molar refractivity (Wildman–Crippen MR) is 74.1 cm³/mol. The van der Waals surface area contributed by atoms with Crippen LogP contribution in [0, 0.1) is 10.1 Å². The van der Waals surface area contributed by atoms with Crippen molar-refractivity contribution in [2.75, 3.05) is 0 Å². The Morgan fingerprint density at radius 2 is 1.74 bits per heavy atom. The highest BCUT2D eigenvalue weighted by Crippen LogP contribution is 2.06. The van der Waals surface area contributed by atoms with E-state index in [2.05, 4.69) is 6.92 Å². The van der Waals surface area contributed by atoms with Crippen LogP contribution in [-0.4, -0.2) is 16.0 Å². The zero-order valence-corrected chi connectivity index (χ0v) is 11.2. The second kappa shape index (κ2) is 11.2. The molecule has 0 unspecified atom stereocenters. The van der Waals surface area contributed by atoms with E-state index >= 15 is 0 Å². The zero-order valence-electron chi connectivity index (χ0n) is 11.2. The molecule has 5 heteroatoms. The molecule has 0 saturated carbocycles. The maximum Gasteiger partial charge on any atom is 0.303 e. The summed E-state index contributed by atoms with van der Waals surface area (Å²) in [6.07, 6.45) is 5.88. The lowest BCUT2D eigenvalue weighted by atomic mass is 10.1. The highest BCUT2D eigenvalue weighted by molar-refractivity contribution is 5.66. The third kappa shape index (κ3) is 10.9. The van der Waals surface area contributed by atoms with E-state index in [1.54, 1.807) is 18.2 Å². The minimum atomic E-state index is -0.670. The van der Waals surface area contributed by atoms with E-state index in [0.717, 1.165) is 12.8 Å². The number of nitrogens with zero attached hydrogens (tertiary/aromatic N) is 1. The minimum Gasteiger partial charge on any atom is -0.481 e. The van der Waals surface area contributed by atoms with Crippen LogP contribution in [-0.2, 0) is 4.79 Å². The quantitative estimate of drug-likeness (QED) is 0.459. The molecule has 0 aliphatic heterocycles. The summed E-state index contributed by atoms with van der Waals surface area (Å²) in [6.45, 7) is 2.15. The molecular formula is C14H21NO4. The SMILES string of the molecule is CCCCCCCC(=O)O.O=[N+]([O-])c1ccccc1. The van der Waals surface area contributed by atoms with Gasteiger partial charge in [-0.2, -0.15) is 0 Å². The van der Waals surface area contributed by atoms with Crippen LogP contribution in [0.25, 0.3) is 0 Å². The number of nitro benzene ring substituents is 1. The van der Waals surface area contributed by atoms with Gasteiger partial charge in [0, 0.05) is 18.6 Å². The van der Waals surface area contributed by atoms with Crippen LogP contribution in [0.1, 0.15) is 45.4 Å². The van der Waals surface area contributed by atoms with Gasteiger partial charge >= 0.3 is 5.97 Å². The van der Waals surface area contributed by atoms with E-state index in [1.807, 2.05) is 0 Å². The smallest absolute Gasteiger partial charge is 0.303 e. The lowest BCUT2D eigenvalue weighted by Gasteiger charge is -1.95. The third-order valence-electron chi connectivity index (χ3n) is 2.46. The molecule has 0 amide bonds. The summed E-state index contributed by atoms with van der Waals surface area (Å²) in [7, 11) is 0. The molecule has 0 atom stereocenters. The molecule has 1 N–H and O–H groups in total. The second-order valence-electron chi connectivity index (χ2n) is 4.15. The Morgan fingerprint density at radius 1 is 1.16 bits per heavy atom. The van der Waals surface area contributed by atoms with Crippen molar-refractivity contribution < 1.29 is 14.8 Å². The van der Waals surface area contributed by atoms with E-state index in [9.17, 15) is 14.9 Å². The first-order valence-corrected chi connectivity index (χ1v) is 6.49. The summed E-state index contributed by atoms with van der Waals surface area (Å²) in [5.74, 6) is -0.670. The van der Waals surface area contributed by atoms with Gasteiger partial charge in [-0.15, -0.1) is 0 Å². The number of hydrogen-bond acceptors (Lipinski definition) is 3. The number of carbonyl (C=O) groups is 1. The van der Waals surface area contributed by atoms with Crippen LogP contribution in [0.2, 0.25) is 0 Å². The van der Waals surface area contributed by atoms with Crippen LogP contribution in [0.3, 0.4) is 0 Å². The van der Waals surface area contributed by atoms with Crippen molar-refractivity contribution in [1.29, 1.82) is 0 Å². The molecule has 0 aromatic heterocycles. The molecule has 0 heterocycles. The Morgan fingerprint density at radius 3 is 2.16 bits per heavy atom. The number of carboxylic acids is 1. The molecule has 0 bridgehead atoms. The van der Waals surface area contributed by atoms with Gasteiger partial charge in [0.1, 0.15) is 0 Å². The Kier molecular flexibility index (Phi) is 10.1. The standard InChI is InChI=1S/C8H16O2.C6H5NO2/c1-2-3-4-5-6-7-8(9)10;8-7(9)6-4-2-1-3-5-6/h2-7H2,1H3,(H,9,10);1-5H. The fraction of sp³-hybridized carbons (Fsp3) is 0.500. The Labute approximate surface area is 113 Å². The molecule has 0 aliphatic carbocycles. The van der Waals surface area contributed by atoms with Gasteiger partial charge in [-0.05, 0) is 6.42 Å². The number of unbranched alkanes of at least 4 members (excludes halogenated alkanes) is 4. The number of carboxylic acid groups (broad SMARTS) is 1. The van der Waals surface area contributed by atoms with Crippen molar-refractivity contribution >= 4 is 11.7 Å². The highest BCUT2D eigenvalue weighted by atomic mass is 16.6. The second-order valence-corrected chi connectivity index (χ2v) is 4.15. The Bertz CT molecular complexity index is 365. The van der Waals surface area contributed by atoms with Crippen molar-refractivity contribution in [1.82, 2.24) is 0 Å². The summed E-state index contributed by atoms with van der Waals surface area (Å²) in [5, 5.41) is 18.3. The molecule has 19 heavy (non-hydrogen) atoms. The minimum absolute atomic E-state index is 0.137. The molecule has 0 saturated heterocycles. The first kappa shape index (κ1) is 17.1. The summed E-state index contributed by atoms with van der Waals surface area (Å²) >= 11 is 0. The predicted octanol–water partition coefficient (Wildman–Crippen LogP) is 4.03. The maximum absolute atomic E-state index is 10.0. The molecule has 0 aliphatic rings. The molecule has 0 radical (unpaired) electrons. The first-order chi connectivity index (χ1) is 9.07. The van der Waals surface area contributed by atoms with E-state index < -0.39 is 10.9 Å². The number of para-hydroxylation sites is 1. The van der Waals surface area contributed by atoms with E-state index in [1.165, 1.54) is 31.4 Å². The fourth-order valence-electron chi connectivity index (χ4n) is 1.43. The highest BCUT2D eigenvalue weighted by Gasteiger charge is 1.98. The molecule has 106 valence electrons. The van der Waals surface area contributed by atoms with Gasteiger partial charge in [-0.3, -0.25) is 14.9 Å². The van der Waals surface area contributed by atoms with E-state index in [0.29, 0.717) is 6.42 Å². The molecular weight excluding hydrogens is 246 g/mol. The number of non-ortho nitro benzene ring substituents is 1. The number of hydrogen-bond donors (Lipinski definition) is 1. The topological polar surface area (TPSA) is 80.4 Å². The van der Waals surface area contributed by atoms with Crippen LogP contribution < -0.4 is 0 Å². The van der Waals surface area contributed by atoms with Crippen LogP contribution in [0.4, 0.5) is 5.69 Å². The van der Waals surface area contributed by atoms with Crippen molar-refractivity contribution in [2.45, 2.75) is 45.4 Å². The molecule has 1 aromatic carbocycles. The number of nitro groups is 1. The van der Waals surface area contributed by atoms with E-state index in [-0.39, 0.29) is 5.69 Å². The van der Waals surface area contributed by atoms with Crippen molar-refractivity contribution in [3.8, 4) is 0 Å². The van der Waals surface area contributed by atoms with Gasteiger partial charge in [-0.25, -0.2) is 0 Å². The molecule has 1 aromatic rings. The van der Waals surface area contributed by atoms with Crippen LogP contribution >= 0.6 is 0 Å². The molecule has 1 rings (SSSR count).